The molecule has 18 heavy (non-hydrogen) atoms. The third kappa shape index (κ3) is 2.53. The first-order valence-electron chi connectivity index (χ1n) is 5.56. The molecule has 0 radical (unpaired) electrons. The minimum Gasteiger partial charge on any atom is -0.484 e. The molecule has 2 aromatic rings. The smallest absolute Gasteiger partial charge is 0.349 e. The van der Waals surface area contributed by atoms with Gasteiger partial charge in [0.25, 0.3) is 0 Å². The van der Waals surface area contributed by atoms with E-state index in [2.05, 4.69) is 4.98 Å². The molecule has 0 aliphatic rings. The average Bonchev–Trinajstić information content (AvgIpc) is 2.92. The van der Waals surface area contributed by atoms with Gasteiger partial charge in [-0.05, 0) is 12.5 Å². The summed E-state index contributed by atoms with van der Waals surface area (Å²) in [5.74, 6) is 0.234. The lowest BCUT2D eigenvalue weighted by Gasteiger charge is -2.05. The Morgan fingerprint density at radius 2 is 2.39 bits per heavy atom. The number of hydrogen-bond acceptors (Lipinski definition) is 4. The van der Waals surface area contributed by atoms with Gasteiger partial charge in [0.05, 0.1) is 0 Å². The number of hydrogen-bond donors (Lipinski definition) is 1. The Labute approximate surface area is 109 Å². The van der Waals surface area contributed by atoms with Gasteiger partial charge in [0, 0.05) is 24.3 Å². The Morgan fingerprint density at radius 1 is 1.61 bits per heavy atom. The molecule has 0 aliphatic carbocycles. The SMILES string of the molecule is CCc1cc(OCc2nccn2C)c(C(=O)O)s1. The molecule has 2 aromatic heterocycles. The van der Waals surface area contributed by atoms with Gasteiger partial charge in [-0.1, -0.05) is 6.92 Å². The molecule has 0 bridgehead atoms. The highest BCUT2D eigenvalue weighted by molar-refractivity contribution is 7.14. The predicted octanol–water partition coefficient (Wildman–Crippen LogP) is 2.32. The maximum absolute atomic E-state index is 11.1. The van der Waals surface area contributed by atoms with Gasteiger partial charge in [0.2, 0.25) is 0 Å². The van der Waals surface area contributed by atoms with Gasteiger partial charge in [-0.3, -0.25) is 0 Å². The fourth-order valence-electron chi connectivity index (χ4n) is 1.53. The van der Waals surface area contributed by atoms with E-state index in [1.54, 1.807) is 12.3 Å². The van der Waals surface area contributed by atoms with Crippen LogP contribution in [0.2, 0.25) is 0 Å². The van der Waals surface area contributed by atoms with Crippen molar-refractivity contribution in [3.8, 4) is 5.75 Å². The number of imidazole rings is 1. The van der Waals surface area contributed by atoms with E-state index in [1.165, 1.54) is 11.3 Å². The summed E-state index contributed by atoms with van der Waals surface area (Å²) in [4.78, 5) is 16.5. The van der Waals surface area contributed by atoms with Crippen molar-refractivity contribution < 1.29 is 14.6 Å². The van der Waals surface area contributed by atoms with E-state index in [9.17, 15) is 4.79 Å². The number of carbonyl (C=O) groups is 1. The number of thiophene rings is 1. The van der Waals surface area contributed by atoms with E-state index in [0.717, 1.165) is 17.1 Å². The highest BCUT2D eigenvalue weighted by atomic mass is 32.1. The number of carboxylic acids is 1. The summed E-state index contributed by atoms with van der Waals surface area (Å²) in [5.41, 5.74) is 0. The molecule has 1 N–H and O–H groups in total. The summed E-state index contributed by atoms with van der Waals surface area (Å²) in [6.45, 7) is 2.25. The van der Waals surface area contributed by atoms with E-state index >= 15 is 0 Å². The van der Waals surface area contributed by atoms with Crippen LogP contribution >= 0.6 is 11.3 Å². The van der Waals surface area contributed by atoms with Crippen molar-refractivity contribution in [3.63, 3.8) is 0 Å². The number of rotatable bonds is 5. The molecular weight excluding hydrogens is 252 g/mol. The zero-order valence-corrected chi connectivity index (χ0v) is 11.0. The standard InChI is InChI=1S/C12H14N2O3S/c1-3-8-6-9(11(18-8)12(15)16)17-7-10-13-4-5-14(10)2/h4-6H,3,7H2,1-2H3,(H,15,16). The summed E-state index contributed by atoms with van der Waals surface area (Å²) in [7, 11) is 1.87. The molecule has 0 spiro atoms. The molecule has 0 amide bonds. The molecule has 0 fully saturated rings. The lowest BCUT2D eigenvalue weighted by Crippen LogP contribution is -2.04. The van der Waals surface area contributed by atoms with Crippen LogP contribution in [-0.2, 0) is 20.1 Å². The normalized spacial score (nSPS) is 10.6. The maximum Gasteiger partial charge on any atom is 0.349 e. The van der Waals surface area contributed by atoms with Crippen LogP contribution < -0.4 is 4.74 Å². The monoisotopic (exact) mass is 266 g/mol. The molecule has 0 aliphatic heterocycles. The summed E-state index contributed by atoms with van der Waals surface area (Å²) >= 11 is 1.26. The minimum absolute atomic E-state index is 0.251. The molecule has 5 nitrogen and oxygen atoms in total. The Kier molecular flexibility index (Phi) is 3.66. The van der Waals surface area contributed by atoms with Gasteiger partial charge in [-0.25, -0.2) is 9.78 Å². The number of aromatic carboxylic acids is 1. The lowest BCUT2D eigenvalue weighted by molar-refractivity contribution is 0.0697. The Bertz CT molecular complexity index is 559. The van der Waals surface area contributed by atoms with Crippen LogP contribution in [0.15, 0.2) is 18.5 Å². The van der Waals surface area contributed by atoms with Crippen molar-refractivity contribution in [2.75, 3.05) is 0 Å². The Hall–Kier alpha value is -1.82. The summed E-state index contributed by atoms with van der Waals surface area (Å²) in [5, 5.41) is 9.10. The largest absolute Gasteiger partial charge is 0.484 e. The highest BCUT2D eigenvalue weighted by Gasteiger charge is 2.16. The third-order valence-corrected chi connectivity index (χ3v) is 3.82. The summed E-state index contributed by atoms with van der Waals surface area (Å²) < 4.78 is 7.39. The quantitative estimate of drug-likeness (QED) is 0.902. The molecule has 0 aromatic carbocycles. The Balaban J connectivity index is 2.16. The van der Waals surface area contributed by atoms with E-state index in [-0.39, 0.29) is 11.5 Å². The molecule has 0 saturated carbocycles. The lowest BCUT2D eigenvalue weighted by atomic mass is 10.3. The van der Waals surface area contributed by atoms with Crippen LogP contribution in [0, 0.1) is 0 Å². The number of aryl methyl sites for hydroxylation is 2. The molecule has 0 unspecified atom stereocenters. The first kappa shape index (κ1) is 12.6. The van der Waals surface area contributed by atoms with Gasteiger partial charge in [-0.15, -0.1) is 11.3 Å². The zero-order valence-electron chi connectivity index (χ0n) is 10.2. The van der Waals surface area contributed by atoms with E-state index in [0.29, 0.717) is 5.75 Å². The highest BCUT2D eigenvalue weighted by Crippen LogP contribution is 2.30. The molecular formula is C12H14N2O3S. The van der Waals surface area contributed by atoms with Crippen molar-refractivity contribution in [2.45, 2.75) is 20.0 Å². The van der Waals surface area contributed by atoms with Crippen LogP contribution in [0.5, 0.6) is 5.75 Å². The van der Waals surface area contributed by atoms with E-state index < -0.39 is 5.97 Å². The zero-order chi connectivity index (χ0) is 13.1. The molecule has 0 atom stereocenters. The van der Waals surface area contributed by atoms with Crippen LogP contribution in [-0.4, -0.2) is 20.6 Å². The van der Waals surface area contributed by atoms with Crippen LogP contribution in [0.4, 0.5) is 0 Å². The summed E-state index contributed by atoms with van der Waals surface area (Å²) in [6.07, 6.45) is 4.31. The second-order valence-corrected chi connectivity index (χ2v) is 4.94. The van der Waals surface area contributed by atoms with Gasteiger partial charge in [0.1, 0.15) is 18.2 Å². The van der Waals surface area contributed by atoms with Crippen molar-refractivity contribution in [3.05, 3.63) is 34.0 Å². The number of aromatic nitrogens is 2. The number of nitrogens with zero attached hydrogens (tertiary/aromatic N) is 2. The van der Waals surface area contributed by atoms with Gasteiger partial charge >= 0.3 is 5.97 Å². The van der Waals surface area contributed by atoms with Crippen molar-refractivity contribution in [2.24, 2.45) is 7.05 Å². The van der Waals surface area contributed by atoms with Gasteiger partial charge < -0.3 is 14.4 Å². The second-order valence-electron chi connectivity index (χ2n) is 3.81. The van der Waals surface area contributed by atoms with Gasteiger partial charge in [0.15, 0.2) is 4.88 Å². The number of carboxylic acid groups (broad SMARTS) is 1. The molecule has 2 heterocycles. The predicted molar refractivity (Wildman–Crippen MR) is 68.2 cm³/mol. The third-order valence-electron chi connectivity index (χ3n) is 2.57. The first-order chi connectivity index (χ1) is 8.61. The fourth-order valence-corrected chi connectivity index (χ4v) is 2.41. The Morgan fingerprint density at radius 3 is 2.94 bits per heavy atom. The summed E-state index contributed by atoms with van der Waals surface area (Å²) in [6, 6.07) is 1.79. The van der Waals surface area contributed by atoms with Crippen molar-refractivity contribution in [1.29, 1.82) is 0 Å². The van der Waals surface area contributed by atoms with E-state index in [4.69, 9.17) is 9.84 Å². The van der Waals surface area contributed by atoms with Crippen LogP contribution in [0.25, 0.3) is 0 Å². The van der Waals surface area contributed by atoms with Crippen molar-refractivity contribution >= 4 is 17.3 Å². The first-order valence-corrected chi connectivity index (χ1v) is 6.38. The van der Waals surface area contributed by atoms with Crippen molar-refractivity contribution in [1.82, 2.24) is 9.55 Å². The van der Waals surface area contributed by atoms with Crippen LogP contribution in [0.1, 0.15) is 27.3 Å². The van der Waals surface area contributed by atoms with Crippen LogP contribution in [0.3, 0.4) is 0 Å². The molecule has 2 rings (SSSR count). The average molecular weight is 266 g/mol. The number of ether oxygens (including phenoxy) is 1. The second kappa shape index (κ2) is 5.22. The fraction of sp³-hybridized carbons (Fsp3) is 0.333. The minimum atomic E-state index is -0.949. The van der Waals surface area contributed by atoms with Gasteiger partial charge in [-0.2, -0.15) is 0 Å². The van der Waals surface area contributed by atoms with E-state index in [1.807, 2.05) is 24.7 Å². The topological polar surface area (TPSA) is 64.4 Å². The maximum atomic E-state index is 11.1. The molecule has 6 heteroatoms. The molecule has 96 valence electrons. The molecule has 0 saturated heterocycles.